The number of hydrogen-bond donors (Lipinski definition) is 3. The van der Waals surface area contributed by atoms with Gasteiger partial charge in [0, 0.05) is 18.1 Å². The number of nitrogens with one attached hydrogen (secondary N) is 3. The lowest BCUT2D eigenvalue weighted by Crippen LogP contribution is -2.34. The fourth-order valence-electron chi connectivity index (χ4n) is 2.75. The Hall–Kier alpha value is -1.88. The van der Waals surface area contributed by atoms with Gasteiger partial charge >= 0.3 is 0 Å². The maximum Gasteiger partial charge on any atom is 0.226 e. The van der Waals surface area contributed by atoms with Crippen LogP contribution in [0.1, 0.15) is 22.7 Å². The van der Waals surface area contributed by atoms with Crippen LogP contribution in [-0.2, 0) is 11.3 Å². The molecule has 1 fully saturated rings. The van der Waals surface area contributed by atoms with E-state index in [2.05, 4.69) is 35.2 Å². The first-order valence-electron chi connectivity index (χ1n) is 7.70. The lowest BCUT2D eigenvalue weighted by atomic mass is 9.94. The van der Waals surface area contributed by atoms with Crippen molar-refractivity contribution in [3.05, 3.63) is 70.2 Å². The average molecular weight is 330 g/mol. The van der Waals surface area contributed by atoms with E-state index in [0.717, 1.165) is 11.1 Å². The van der Waals surface area contributed by atoms with Crippen LogP contribution in [-0.4, -0.2) is 12.5 Å². The number of hydrazine groups is 1. The molecule has 5 heteroatoms. The molecule has 0 aliphatic carbocycles. The minimum absolute atomic E-state index is 0.0445. The Balaban J connectivity index is 1.63. The second kappa shape index (κ2) is 7.13. The highest BCUT2D eigenvalue weighted by molar-refractivity contribution is 6.30. The number of halogens is 1. The second-order valence-electron chi connectivity index (χ2n) is 5.86. The number of benzene rings is 2. The lowest BCUT2D eigenvalue weighted by Gasteiger charge is -2.18. The van der Waals surface area contributed by atoms with Gasteiger partial charge in [-0.2, -0.15) is 0 Å². The Morgan fingerprint density at radius 1 is 1.17 bits per heavy atom. The lowest BCUT2D eigenvalue weighted by molar-refractivity contribution is -0.125. The van der Waals surface area contributed by atoms with Crippen molar-refractivity contribution in [3.8, 4) is 0 Å². The van der Waals surface area contributed by atoms with E-state index in [9.17, 15) is 4.79 Å². The Labute approximate surface area is 141 Å². The van der Waals surface area contributed by atoms with Crippen molar-refractivity contribution in [1.29, 1.82) is 0 Å². The van der Waals surface area contributed by atoms with Gasteiger partial charge in [-0.1, -0.05) is 53.6 Å². The Kier molecular flexibility index (Phi) is 4.96. The highest BCUT2D eigenvalue weighted by Gasteiger charge is 2.33. The number of aryl methyl sites for hydroxylation is 1. The van der Waals surface area contributed by atoms with Gasteiger partial charge in [-0.25, -0.2) is 5.43 Å². The van der Waals surface area contributed by atoms with Crippen molar-refractivity contribution in [1.82, 2.24) is 16.2 Å². The van der Waals surface area contributed by atoms with Crippen molar-refractivity contribution in [2.24, 2.45) is 5.92 Å². The summed E-state index contributed by atoms with van der Waals surface area (Å²) >= 11 is 5.93. The van der Waals surface area contributed by atoms with Gasteiger partial charge < -0.3 is 5.32 Å². The monoisotopic (exact) mass is 329 g/mol. The Morgan fingerprint density at radius 2 is 1.87 bits per heavy atom. The first-order valence-corrected chi connectivity index (χ1v) is 8.08. The maximum atomic E-state index is 12.5. The molecule has 3 rings (SSSR count). The smallest absolute Gasteiger partial charge is 0.226 e. The van der Waals surface area contributed by atoms with Crippen LogP contribution >= 0.6 is 11.6 Å². The minimum atomic E-state index is -0.151. The van der Waals surface area contributed by atoms with Gasteiger partial charge in [0.2, 0.25) is 5.91 Å². The van der Waals surface area contributed by atoms with E-state index < -0.39 is 0 Å². The molecule has 0 saturated carbocycles. The summed E-state index contributed by atoms with van der Waals surface area (Å²) in [4.78, 5) is 12.5. The van der Waals surface area contributed by atoms with E-state index in [1.54, 1.807) is 0 Å². The Bertz CT molecular complexity index is 670. The highest BCUT2D eigenvalue weighted by atomic mass is 35.5. The minimum Gasteiger partial charge on any atom is -0.352 e. The molecule has 1 aliphatic heterocycles. The van der Waals surface area contributed by atoms with Crippen molar-refractivity contribution in [2.75, 3.05) is 6.54 Å². The molecular weight excluding hydrogens is 310 g/mol. The molecular formula is C18H20ClN3O. The zero-order valence-corrected chi connectivity index (χ0v) is 13.7. The molecule has 0 spiro atoms. The van der Waals surface area contributed by atoms with Gasteiger partial charge in [0.05, 0.1) is 12.0 Å². The summed E-state index contributed by atoms with van der Waals surface area (Å²) in [5.74, 6) is -0.107. The predicted octanol–water partition coefficient (Wildman–Crippen LogP) is 2.73. The molecule has 1 amide bonds. The first-order chi connectivity index (χ1) is 11.1. The van der Waals surface area contributed by atoms with Crippen LogP contribution < -0.4 is 16.2 Å². The SMILES string of the molecule is Cc1ccc(CNC(=O)C2CNNC2c2ccc(Cl)cc2)cc1. The van der Waals surface area contributed by atoms with Crippen molar-refractivity contribution < 1.29 is 4.79 Å². The largest absolute Gasteiger partial charge is 0.352 e. The van der Waals surface area contributed by atoms with E-state index in [4.69, 9.17) is 11.6 Å². The van der Waals surface area contributed by atoms with Crippen LogP contribution in [0.15, 0.2) is 48.5 Å². The summed E-state index contributed by atoms with van der Waals surface area (Å²) in [6.45, 7) is 3.20. The summed E-state index contributed by atoms with van der Waals surface area (Å²) in [5.41, 5.74) is 9.62. The van der Waals surface area contributed by atoms with E-state index >= 15 is 0 Å². The number of amides is 1. The molecule has 120 valence electrons. The van der Waals surface area contributed by atoms with Crippen molar-refractivity contribution >= 4 is 17.5 Å². The van der Waals surface area contributed by atoms with Crippen LogP contribution in [0.25, 0.3) is 0 Å². The van der Waals surface area contributed by atoms with Gasteiger partial charge in [-0.05, 0) is 30.2 Å². The average Bonchev–Trinajstić information content (AvgIpc) is 3.04. The zero-order valence-electron chi connectivity index (χ0n) is 13.0. The van der Waals surface area contributed by atoms with Crippen LogP contribution in [0.5, 0.6) is 0 Å². The fraction of sp³-hybridized carbons (Fsp3) is 0.278. The molecule has 2 unspecified atom stereocenters. The number of carbonyl (C=O) groups is 1. The number of hydrogen-bond acceptors (Lipinski definition) is 3. The summed E-state index contributed by atoms with van der Waals surface area (Å²) < 4.78 is 0. The summed E-state index contributed by atoms with van der Waals surface area (Å²) in [5, 5.41) is 3.72. The van der Waals surface area contributed by atoms with Crippen molar-refractivity contribution in [2.45, 2.75) is 19.5 Å². The van der Waals surface area contributed by atoms with E-state index in [0.29, 0.717) is 18.1 Å². The third-order valence-electron chi connectivity index (χ3n) is 4.14. The number of rotatable bonds is 4. The van der Waals surface area contributed by atoms with Crippen LogP contribution in [0.2, 0.25) is 5.02 Å². The molecule has 4 nitrogen and oxygen atoms in total. The maximum absolute atomic E-state index is 12.5. The van der Waals surface area contributed by atoms with E-state index in [1.165, 1.54) is 5.56 Å². The molecule has 0 radical (unpaired) electrons. The molecule has 1 aliphatic rings. The van der Waals surface area contributed by atoms with Crippen LogP contribution in [0.3, 0.4) is 0 Å². The van der Waals surface area contributed by atoms with E-state index in [-0.39, 0.29) is 17.9 Å². The topological polar surface area (TPSA) is 53.2 Å². The third-order valence-corrected chi connectivity index (χ3v) is 4.39. The van der Waals surface area contributed by atoms with Crippen LogP contribution in [0, 0.1) is 12.8 Å². The van der Waals surface area contributed by atoms with Crippen molar-refractivity contribution in [3.63, 3.8) is 0 Å². The molecule has 0 bridgehead atoms. The summed E-state index contributed by atoms with van der Waals surface area (Å²) in [6.07, 6.45) is 0. The molecule has 1 heterocycles. The molecule has 2 aromatic rings. The standard InChI is InChI=1S/C18H20ClN3O/c1-12-2-4-13(5-3-12)10-20-18(23)16-11-21-22-17(16)14-6-8-15(19)9-7-14/h2-9,16-17,21-22H,10-11H2,1H3,(H,20,23). The Morgan fingerprint density at radius 3 is 2.57 bits per heavy atom. The molecule has 0 aromatic heterocycles. The molecule has 1 saturated heterocycles. The molecule has 23 heavy (non-hydrogen) atoms. The normalized spacial score (nSPS) is 20.4. The summed E-state index contributed by atoms with van der Waals surface area (Å²) in [6, 6.07) is 15.7. The highest BCUT2D eigenvalue weighted by Crippen LogP contribution is 2.26. The zero-order chi connectivity index (χ0) is 16.2. The van der Waals surface area contributed by atoms with Gasteiger partial charge in [0.1, 0.15) is 0 Å². The van der Waals surface area contributed by atoms with Gasteiger partial charge in [-0.15, -0.1) is 0 Å². The van der Waals surface area contributed by atoms with Gasteiger partial charge in [0.25, 0.3) is 0 Å². The van der Waals surface area contributed by atoms with E-state index in [1.807, 2.05) is 36.4 Å². The molecule has 2 atom stereocenters. The summed E-state index contributed by atoms with van der Waals surface area (Å²) in [7, 11) is 0. The quantitative estimate of drug-likeness (QED) is 0.808. The second-order valence-corrected chi connectivity index (χ2v) is 6.30. The fourth-order valence-corrected chi connectivity index (χ4v) is 2.88. The predicted molar refractivity (Wildman–Crippen MR) is 91.8 cm³/mol. The van der Waals surface area contributed by atoms with Gasteiger partial charge in [-0.3, -0.25) is 10.2 Å². The molecule has 3 N–H and O–H groups in total. The first kappa shape index (κ1) is 16.0. The van der Waals surface area contributed by atoms with Gasteiger partial charge in [0.15, 0.2) is 0 Å². The third kappa shape index (κ3) is 3.91. The van der Waals surface area contributed by atoms with Crippen LogP contribution in [0.4, 0.5) is 0 Å². The molecule has 2 aromatic carbocycles. The number of carbonyl (C=O) groups excluding carboxylic acids is 1.